The Kier molecular flexibility index (Phi) is 6.14. The smallest absolute Gasteiger partial charge is 0.337 e. The second-order valence-corrected chi connectivity index (χ2v) is 7.92. The van der Waals surface area contributed by atoms with Gasteiger partial charge in [-0.15, -0.1) is 10.2 Å². The summed E-state index contributed by atoms with van der Waals surface area (Å²) < 4.78 is 6.91. The van der Waals surface area contributed by atoms with Crippen molar-refractivity contribution >= 4 is 23.7 Å². The highest BCUT2D eigenvalue weighted by Gasteiger charge is 2.21. The maximum Gasteiger partial charge on any atom is 0.337 e. The molecule has 2 aromatic carbocycles. The van der Waals surface area contributed by atoms with Gasteiger partial charge in [-0.25, -0.2) is 4.79 Å². The normalized spacial score (nSPS) is 14.0. The van der Waals surface area contributed by atoms with Crippen LogP contribution < -0.4 is 4.90 Å². The van der Waals surface area contributed by atoms with Crippen molar-refractivity contribution in [3.63, 3.8) is 0 Å². The van der Waals surface area contributed by atoms with E-state index in [4.69, 9.17) is 4.74 Å². The fraction of sp³-hybridized carbons (Fsp3) is 0.318. The van der Waals surface area contributed by atoms with Crippen LogP contribution in [-0.4, -0.2) is 40.9 Å². The molecule has 0 amide bonds. The van der Waals surface area contributed by atoms with Gasteiger partial charge >= 0.3 is 5.97 Å². The highest BCUT2D eigenvalue weighted by molar-refractivity contribution is 7.98. The minimum Gasteiger partial charge on any atom is -0.465 e. The van der Waals surface area contributed by atoms with Crippen molar-refractivity contribution in [2.45, 2.75) is 30.2 Å². The number of benzene rings is 2. The van der Waals surface area contributed by atoms with Crippen LogP contribution in [0.1, 0.15) is 35.2 Å². The zero-order chi connectivity index (χ0) is 20.1. The predicted octanol–water partition coefficient (Wildman–Crippen LogP) is 4.34. The van der Waals surface area contributed by atoms with Crippen molar-refractivity contribution in [2.75, 3.05) is 25.1 Å². The number of esters is 1. The van der Waals surface area contributed by atoms with Gasteiger partial charge in [-0.1, -0.05) is 42.1 Å². The van der Waals surface area contributed by atoms with Gasteiger partial charge in [0.1, 0.15) is 0 Å². The molecule has 0 N–H and O–H groups in total. The van der Waals surface area contributed by atoms with Crippen molar-refractivity contribution in [2.24, 2.45) is 0 Å². The molecule has 150 valence electrons. The third-order valence-electron chi connectivity index (χ3n) is 5.01. The van der Waals surface area contributed by atoms with E-state index in [1.165, 1.54) is 26.4 Å². The number of piperidine rings is 1. The Bertz CT molecular complexity index is 951. The maximum absolute atomic E-state index is 11.6. The Morgan fingerprint density at radius 1 is 1.00 bits per heavy atom. The van der Waals surface area contributed by atoms with Crippen molar-refractivity contribution < 1.29 is 9.53 Å². The molecule has 0 bridgehead atoms. The molecule has 0 unspecified atom stereocenters. The van der Waals surface area contributed by atoms with Crippen molar-refractivity contribution in [1.82, 2.24) is 14.8 Å². The lowest BCUT2D eigenvalue weighted by Gasteiger charge is -2.27. The van der Waals surface area contributed by atoms with Gasteiger partial charge < -0.3 is 9.64 Å². The number of carbonyl (C=O) groups excluding carboxylic acids is 1. The number of anilines is 1. The second-order valence-electron chi connectivity index (χ2n) is 6.98. The van der Waals surface area contributed by atoms with Gasteiger partial charge in [0.15, 0.2) is 5.16 Å². The van der Waals surface area contributed by atoms with E-state index in [1.807, 2.05) is 30.3 Å². The molecule has 0 spiro atoms. The summed E-state index contributed by atoms with van der Waals surface area (Å²) in [6, 6.07) is 17.8. The summed E-state index contributed by atoms with van der Waals surface area (Å²) in [6.45, 7) is 2.04. The fourth-order valence-corrected chi connectivity index (χ4v) is 4.36. The zero-order valence-electron chi connectivity index (χ0n) is 16.5. The molecule has 7 heteroatoms. The molecular weight excluding hydrogens is 384 g/mol. The fourth-order valence-electron chi connectivity index (χ4n) is 3.46. The van der Waals surface area contributed by atoms with E-state index < -0.39 is 0 Å². The Balaban J connectivity index is 1.57. The monoisotopic (exact) mass is 408 g/mol. The lowest BCUT2D eigenvalue weighted by Crippen LogP contribution is -2.31. The summed E-state index contributed by atoms with van der Waals surface area (Å²) in [4.78, 5) is 13.9. The molecule has 0 radical (unpaired) electrons. The Labute approximate surface area is 174 Å². The second kappa shape index (κ2) is 9.13. The van der Waals surface area contributed by atoms with Crippen LogP contribution in [0.3, 0.4) is 0 Å². The first kappa shape index (κ1) is 19.5. The lowest BCUT2D eigenvalue weighted by molar-refractivity contribution is 0.0600. The molecule has 1 saturated heterocycles. The number of hydrogen-bond acceptors (Lipinski definition) is 6. The van der Waals surface area contributed by atoms with Crippen LogP contribution in [-0.2, 0) is 10.5 Å². The number of carbonyl (C=O) groups is 1. The lowest BCUT2D eigenvalue weighted by atomic mass is 10.1. The van der Waals surface area contributed by atoms with Crippen LogP contribution in [0.5, 0.6) is 0 Å². The number of hydrogen-bond donors (Lipinski definition) is 0. The first-order valence-electron chi connectivity index (χ1n) is 9.82. The van der Waals surface area contributed by atoms with Crippen LogP contribution in [0.2, 0.25) is 0 Å². The summed E-state index contributed by atoms with van der Waals surface area (Å²) in [7, 11) is 1.39. The summed E-state index contributed by atoms with van der Waals surface area (Å²) >= 11 is 1.65. The standard InChI is InChI=1S/C22H24N4O2S/c1-28-20(27)18-12-10-17(11-13-18)16-29-22-24-23-21(25-14-6-3-7-15-25)26(22)19-8-4-2-5-9-19/h2,4-5,8-13H,3,6-7,14-16H2,1H3. The highest BCUT2D eigenvalue weighted by atomic mass is 32.2. The molecule has 1 fully saturated rings. The van der Waals surface area contributed by atoms with Gasteiger partial charge in [0.25, 0.3) is 0 Å². The molecule has 2 heterocycles. The number of para-hydroxylation sites is 1. The van der Waals surface area contributed by atoms with Crippen LogP contribution >= 0.6 is 11.8 Å². The average molecular weight is 409 g/mol. The molecule has 4 rings (SSSR count). The summed E-state index contributed by atoms with van der Waals surface area (Å²) in [5.74, 6) is 1.34. The summed E-state index contributed by atoms with van der Waals surface area (Å²) in [6.07, 6.45) is 3.66. The van der Waals surface area contributed by atoms with Gasteiger partial charge in [0.2, 0.25) is 5.95 Å². The van der Waals surface area contributed by atoms with Gasteiger partial charge in [-0.3, -0.25) is 4.57 Å². The number of aromatic nitrogens is 3. The molecule has 0 saturated carbocycles. The first-order chi connectivity index (χ1) is 14.3. The number of methoxy groups -OCH3 is 1. The van der Waals surface area contributed by atoms with Crippen LogP contribution in [0.15, 0.2) is 59.8 Å². The first-order valence-corrected chi connectivity index (χ1v) is 10.8. The highest BCUT2D eigenvalue weighted by Crippen LogP contribution is 2.30. The van der Waals surface area contributed by atoms with Crippen LogP contribution in [0, 0.1) is 0 Å². The SMILES string of the molecule is COC(=O)c1ccc(CSc2nnc(N3CCCCC3)n2-c2ccccc2)cc1. The number of thioether (sulfide) groups is 1. The molecule has 0 atom stereocenters. The molecule has 0 aliphatic carbocycles. The largest absolute Gasteiger partial charge is 0.465 e. The number of rotatable bonds is 6. The van der Waals surface area contributed by atoms with E-state index in [0.717, 1.165) is 41.2 Å². The molecule has 6 nitrogen and oxygen atoms in total. The molecule has 1 aliphatic rings. The minimum absolute atomic E-state index is 0.320. The van der Waals surface area contributed by atoms with E-state index in [9.17, 15) is 4.79 Å². The quantitative estimate of drug-likeness (QED) is 0.447. The molecule has 1 aromatic heterocycles. The van der Waals surface area contributed by atoms with Gasteiger partial charge in [0, 0.05) is 18.8 Å². The maximum atomic E-state index is 11.6. The van der Waals surface area contributed by atoms with E-state index >= 15 is 0 Å². The predicted molar refractivity (Wildman–Crippen MR) is 115 cm³/mol. The van der Waals surface area contributed by atoms with E-state index in [0.29, 0.717) is 5.56 Å². The number of ether oxygens (including phenoxy) is 1. The van der Waals surface area contributed by atoms with Gasteiger partial charge in [-0.05, 0) is 49.1 Å². The van der Waals surface area contributed by atoms with E-state index in [1.54, 1.807) is 23.9 Å². The Morgan fingerprint density at radius 2 is 1.72 bits per heavy atom. The van der Waals surface area contributed by atoms with Gasteiger partial charge in [0.05, 0.1) is 18.4 Å². The Morgan fingerprint density at radius 3 is 2.41 bits per heavy atom. The summed E-state index contributed by atoms with van der Waals surface area (Å²) in [5.41, 5.74) is 2.74. The molecule has 29 heavy (non-hydrogen) atoms. The molecule has 3 aromatic rings. The van der Waals surface area contributed by atoms with Gasteiger partial charge in [-0.2, -0.15) is 0 Å². The third kappa shape index (κ3) is 4.45. The van der Waals surface area contributed by atoms with Crippen molar-refractivity contribution in [3.8, 4) is 5.69 Å². The van der Waals surface area contributed by atoms with Crippen molar-refractivity contribution in [3.05, 3.63) is 65.7 Å². The molecule has 1 aliphatic heterocycles. The molecular formula is C22H24N4O2S. The van der Waals surface area contributed by atoms with E-state index in [-0.39, 0.29) is 5.97 Å². The number of nitrogens with zero attached hydrogens (tertiary/aromatic N) is 4. The van der Waals surface area contributed by atoms with Crippen LogP contribution in [0.25, 0.3) is 5.69 Å². The van der Waals surface area contributed by atoms with E-state index in [2.05, 4.69) is 31.8 Å². The Hall–Kier alpha value is -2.80. The average Bonchev–Trinajstić information content (AvgIpc) is 3.22. The third-order valence-corrected chi connectivity index (χ3v) is 6.01. The minimum atomic E-state index is -0.320. The topological polar surface area (TPSA) is 60.2 Å². The van der Waals surface area contributed by atoms with Crippen molar-refractivity contribution in [1.29, 1.82) is 0 Å². The summed E-state index contributed by atoms with van der Waals surface area (Å²) in [5, 5.41) is 9.90. The van der Waals surface area contributed by atoms with Crippen LogP contribution in [0.4, 0.5) is 5.95 Å². The zero-order valence-corrected chi connectivity index (χ0v) is 17.3.